The van der Waals surface area contributed by atoms with E-state index in [0.29, 0.717) is 0 Å². The van der Waals surface area contributed by atoms with E-state index >= 15 is 0 Å². The minimum absolute atomic E-state index is 0.795. The van der Waals surface area contributed by atoms with E-state index in [-0.39, 0.29) is 0 Å². The molecule has 0 spiro atoms. The highest BCUT2D eigenvalue weighted by molar-refractivity contribution is 5.14. The smallest absolute Gasteiger partial charge is 0.0494 e. The first-order chi connectivity index (χ1) is 6.95. The minimum Gasteiger partial charge on any atom is -0.381 e. The third-order valence-electron chi connectivity index (χ3n) is 2.94. The maximum absolute atomic E-state index is 5.47. The van der Waals surface area contributed by atoms with Crippen molar-refractivity contribution in [2.45, 2.75) is 25.7 Å². The Morgan fingerprint density at radius 2 is 2.07 bits per heavy atom. The van der Waals surface area contributed by atoms with Gasteiger partial charge in [-0.2, -0.15) is 0 Å². The van der Waals surface area contributed by atoms with Crippen molar-refractivity contribution in [1.82, 2.24) is 0 Å². The Bertz CT molecular complexity index is 249. The van der Waals surface area contributed by atoms with Gasteiger partial charge in [0.25, 0.3) is 0 Å². The summed E-state index contributed by atoms with van der Waals surface area (Å²) in [5.41, 5.74) is 1.46. The zero-order valence-electron chi connectivity index (χ0n) is 8.61. The standard InChI is InChI=1S/C13H18O/c1-2-5-12(6-3-1)8-9-13-7-4-10-14-11-13/h1-3,5-6,13H,4,7-11H2. The first-order valence-corrected chi connectivity index (χ1v) is 5.57. The molecule has 1 aromatic carbocycles. The van der Waals surface area contributed by atoms with Crippen molar-refractivity contribution in [3.05, 3.63) is 35.9 Å². The molecule has 0 radical (unpaired) electrons. The van der Waals surface area contributed by atoms with E-state index in [1.54, 1.807) is 0 Å². The molecule has 1 heterocycles. The van der Waals surface area contributed by atoms with Crippen LogP contribution in [0.15, 0.2) is 30.3 Å². The lowest BCUT2D eigenvalue weighted by molar-refractivity contribution is 0.0518. The van der Waals surface area contributed by atoms with E-state index in [1.807, 2.05) is 0 Å². The normalized spacial score (nSPS) is 22.1. The van der Waals surface area contributed by atoms with Gasteiger partial charge >= 0.3 is 0 Å². The molecule has 0 aromatic heterocycles. The summed E-state index contributed by atoms with van der Waals surface area (Å²) < 4.78 is 5.47. The van der Waals surface area contributed by atoms with Gasteiger partial charge in [-0.25, -0.2) is 0 Å². The molecule has 1 aromatic rings. The molecule has 0 saturated carbocycles. The van der Waals surface area contributed by atoms with Crippen molar-refractivity contribution in [1.29, 1.82) is 0 Å². The zero-order chi connectivity index (χ0) is 9.64. The monoisotopic (exact) mass is 190 g/mol. The molecular formula is C13H18O. The predicted octanol–water partition coefficient (Wildman–Crippen LogP) is 3.05. The van der Waals surface area contributed by atoms with Crippen molar-refractivity contribution in [3.63, 3.8) is 0 Å². The fourth-order valence-electron chi connectivity index (χ4n) is 2.05. The minimum atomic E-state index is 0.795. The third-order valence-corrected chi connectivity index (χ3v) is 2.94. The van der Waals surface area contributed by atoms with Crippen LogP contribution in [0.5, 0.6) is 0 Å². The van der Waals surface area contributed by atoms with Gasteiger partial charge in [0.05, 0.1) is 0 Å². The summed E-state index contributed by atoms with van der Waals surface area (Å²) in [7, 11) is 0. The Hall–Kier alpha value is -0.820. The van der Waals surface area contributed by atoms with Crippen molar-refractivity contribution in [2.24, 2.45) is 5.92 Å². The highest BCUT2D eigenvalue weighted by Crippen LogP contribution is 2.19. The van der Waals surface area contributed by atoms with Crippen molar-refractivity contribution in [3.8, 4) is 0 Å². The SMILES string of the molecule is c1ccc(CCC2CCCOC2)cc1. The maximum Gasteiger partial charge on any atom is 0.0494 e. The molecule has 1 unspecified atom stereocenters. The van der Waals surface area contributed by atoms with Crippen LogP contribution in [0.4, 0.5) is 0 Å². The van der Waals surface area contributed by atoms with Gasteiger partial charge in [0.1, 0.15) is 0 Å². The Balaban J connectivity index is 1.76. The molecule has 1 aliphatic rings. The van der Waals surface area contributed by atoms with Gasteiger partial charge in [-0.1, -0.05) is 30.3 Å². The van der Waals surface area contributed by atoms with Gasteiger partial charge in [-0.05, 0) is 37.2 Å². The largest absolute Gasteiger partial charge is 0.381 e. The molecular weight excluding hydrogens is 172 g/mol. The number of hydrogen-bond donors (Lipinski definition) is 0. The van der Waals surface area contributed by atoms with Gasteiger partial charge in [-0.3, -0.25) is 0 Å². The molecule has 0 N–H and O–H groups in total. The summed E-state index contributed by atoms with van der Waals surface area (Å²) in [6.07, 6.45) is 5.09. The molecule has 0 bridgehead atoms. The lowest BCUT2D eigenvalue weighted by atomic mass is 9.95. The van der Waals surface area contributed by atoms with Gasteiger partial charge in [0.15, 0.2) is 0 Å². The number of rotatable bonds is 3. The number of hydrogen-bond acceptors (Lipinski definition) is 1. The first kappa shape index (κ1) is 9.72. The van der Waals surface area contributed by atoms with Crippen LogP contribution in [-0.4, -0.2) is 13.2 Å². The number of ether oxygens (including phenoxy) is 1. The van der Waals surface area contributed by atoms with E-state index in [1.165, 1.54) is 31.2 Å². The number of benzene rings is 1. The maximum atomic E-state index is 5.47. The molecule has 76 valence electrons. The summed E-state index contributed by atoms with van der Waals surface area (Å²) in [6.45, 7) is 1.95. The molecule has 1 aliphatic heterocycles. The Morgan fingerprint density at radius 3 is 2.79 bits per heavy atom. The van der Waals surface area contributed by atoms with E-state index in [4.69, 9.17) is 4.74 Å². The molecule has 1 nitrogen and oxygen atoms in total. The second-order valence-electron chi connectivity index (χ2n) is 4.11. The molecule has 14 heavy (non-hydrogen) atoms. The Morgan fingerprint density at radius 1 is 1.21 bits per heavy atom. The third kappa shape index (κ3) is 2.85. The van der Waals surface area contributed by atoms with Crippen LogP contribution in [0.25, 0.3) is 0 Å². The first-order valence-electron chi connectivity index (χ1n) is 5.57. The Kier molecular flexibility index (Phi) is 3.58. The van der Waals surface area contributed by atoms with Crippen molar-refractivity contribution in [2.75, 3.05) is 13.2 Å². The van der Waals surface area contributed by atoms with Crippen LogP contribution >= 0.6 is 0 Å². The molecule has 0 amide bonds. The van der Waals surface area contributed by atoms with E-state index in [9.17, 15) is 0 Å². The summed E-state index contributed by atoms with van der Waals surface area (Å²) in [6, 6.07) is 10.7. The average molecular weight is 190 g/mol. The predicted molar refractivity (Wildman–Crippen MR) is 58.3 cm³/mol. The van der Waals surface area contributed by atoms with Crippen LogP contribution in [-0.2, 0) is 11.2 Å². The molecule has 2 rings (SSSR count). The van der Waals surface area contributed by atoms with Crippen LogP contribution in [0.1, 0.15) is 24.8 Å². The number of aryl methyl sites for hydroxylation is 1. The second kappa shape index (κ2) is 5.16. The van der Waals surface area contributed by atoms with Gasteiger partial charge in [-0.15, -0.1) is 0 Å². The van der Waals surface area contributed by atoms with Crippen molar-refractivity contribution >= 4 is 0 Å². The van der Waals surface area contributed by atoms with Crippen LogP contribution in [0, 0.1) is 5.92 Å². The van der Waals surface area contributed by atoms with Gasteiger partial charge in [0.2, 0.25) is 0 Å². The van der Waals surface area contributed by atoms with Crippen molar-refractivity contribution < 1.29 is 4.74 Å². The van der Waals surface area contributed by atoms with Gasteiger partial charge < -0.3 is 4.74 Å². The molecule has 0 aliphatic carbocycles. The van der Waals surface area contributed by atoms with Crippen LogP contribution in [0.2, 0.25) is 0 Å². The average Bonchev–Trinajstić information content (AvgIpc) is 2.29. The van der Waals surface area contributed by atoms with E-state index < -0.39 is 0 Å². The van der Waals surface area contributed by atoms with E-state index in [0.717, 1.165) is 19.1 Å². The molecule has 1 heteroatoms. The summed E-state index contributed by atoms with van der Waals surface area (Å²) in [5, 5.41) is 0. The summed E-state index contributed by atoms with van der Waals surface area (Å²) in [4.78, 5) is 0. The fourth-order valence-corrected chi connectivity index (χ4v) is 2.05. The Labute approximate surface area is 86.1 Å². The quantitative estimate of drug-likeness (QED) is 0.711. The van der Waals surface area contributed by atoms with Crippen LogP contribution in [0.3, 0.4) is 0 Å². The lowest BCUT2D eigenvalue weighted by Gasteiger charge is -2.21. The molecule has 1 fully saturated rings. The zero-order valence-corrected chi connectivity index (χ0v) is 8.61. The second-order valence-corrected chi connectivity index (χ2v) is 4.11. The van der Waals surface area contributed by atoms with E-state index in [2.05, 4.69) is 30.3 Å². The highest BCUT2D eigenvalue weighted by atomic mass is 16.5. The highest BCUT2D eigenvalue weighted by Gasteiger charge is 2.13. The summed E-state index contributed by atoms with van der Waals surface area (Å²) in [5.74, 6) is 0.795. The molecule has 1 saturated heterocycles. The lowest BCUT2D eigenvalue weighted by Crippen LogP contribution is -2.17. The molecule has 1 atom stereocenters. The summed E-state index contributed by atoms with van der Waals surface area (Å²) >= 11 is 0. The van der Waals surface area contributed by atoms with Crippen LogP contribution < -0.4 is 0 Å². The topological polar surface area (TPSA) is 9.23 Å². The van der Waals surface area contributed by atoms with Gasteiger partial charge in [0, 0.05) is 13.2 Å². The fraction of sp³-hybridized carbons (Fsp3) is 0.538.